The number of nitrogens with one attached hydrogen (secondary N) is 1. The van der Waals surface area contributed by atoms with Crippen LogP contribution in [0.15, 0.2) is 67.0 Å². The first-order valence-corrected chi connectivity index (χ1v) is 17.8. The van der Waals surface area contributed by atoms with Crippen molar-refractivity contribution in [2.24, 2.45) is 5.73 Å². The van der Waals surface area contributed by atoms with E-state index in [0.717, 1.165) is 35.7 Å². The number of rotatable bonds is 18. The lowest BCUT2D eigenvalue weighted by atomic mass is 10.0. The van der Waals surface area contributed by atoms with Crippen LogP contribution in [0.5, 0.6) is 0 Å². The molecule has 0 spiro atoms. The second kappa shape index (κ2) is 18.0. The lowest BCUT2D eigenvalue weighted by Crippen LogP contribution is -2.55. The molecule has 0 saturated carbocycles. The van der Waals surface area contributed by atoms with Crippen LogP contribution < -0.4 is 11.1 Å². The number of nitrogens with zero attached hydrogens (tertiary/aromatic N) is 2. The molecule has 0 aliphatic rings. The molecular weight excluding hydrogens is 626 g/mol. The normalized spacial score (nSPS) is 13.6. The summed E-state index contributed by atoms with van der Waals surface area (Å²) in [5.74, 6) is -3.60. The Morgan fingerprint density at radius 2 is 1.62 bits per heavy atom. The molecule has 3 rings (SSSR count). The van der Waals surface area contributed by atoms with Gasteiger partial charge in [0, 0.05) is 37.6 Å². The summed E-state index contributed by atoms with van der Waals surface area (Å²) in [5, 5.41) is 13.1. The molecule has 2 amide bonds. The zero-order valence-corrected chi connectivity index (χ0v) is 28.1. The SMILES string of the molecule is CCCC(CCC)S(=O)(=O)CC(NC(=O)c1cccnc1)C(=O)N(Cc1cccc(CC)c1)C[C@@H](O)[C@@H](N)Cc1cc(F)cc(F)c1. The molecule has 9 nitrogen and oxygen atoms in total. The maximum Gasteiger partial charge on any atom is 0.253 e. The van der Waals surface area contributed by atoms with E-state index >= 15 is 0 Å². The molecule has 47 heavy (non-hydrogen) atoms. The molecule has 0 aliphatic heterocycles. The number of aliphatic hydroxyl groups is 1. The number of aliphatic hydroxyl groups excluding tert-OH is 1. The second-order valence-electron chi connectivity index (χ2n) is 11.9. The number of carbonyl (C=O) groups excluding carboxylic acids is 2. The highest BCUT2D eigenvalue weighted by Gasteiger charge is 2.35. The number of pyridine rings is 1. The molecule has 0 bridgehead atoms. The summed E-state index contributed by atoms with van der Waals surface area (Å²) in [7, 11) is -3.87. The number of halogens is 2. The molecule has 1 heterocycles. The molecule has 0 aliphatic carbocycles. The number of benzene rings is 2. The number of hydrogen-bond acceptors (Lipinski definition) is 7. The monoisotopic (exact) mass is 672 g/mol. The van der Waals surface area contributed by atoms with Crippen molar-refractivity contribution >= 4 is 21.7 Å². The molecule has 3 aromatic rings. The minimum atomic E-state index is -3.87. The Kier molecular flexibility index (Phi) is 14.4. The molecule has 0 saturated heterocycles. The number of aromatic nitrogens is 1. The topological polar surface area (TPSA) is 143 Å². The smallest absolute Gasteiger partial charge is 0.253 e. The number of aryl methyl sites for hydroxylation is 1. The van der Waals surface area contributed by atoms with E-state index in [0.29, 0.717) is 25.7 Å². The number of hydrogen-bond donors (Lipinski definition) is 3. The van der Waals surface area contributed by atoms with Crippen molar-refractivity contribution in [1.82, 2.24) is 15.2 Å². The molecule has 3 atom stereocenters. The molecule has 2 aromatic carbocycles. The van der Waals surface area contributed by atoms with Gasteiger partial charge in [-0.15, -0.1) is 0 Å². The molecular formula is C35H46F2N4O5S. The van der Waals surface area contributed by atoms with Crippen molar-refractivity contribution < 1.29 is 31.9 Å². The van der Waals surface area contributed by atoms with Crippen molar-refractivity contribution in [3.05, 3.63) is 101 Å². The van der Waals surface area contributed by atoms with E-state index < -0.39 is 62.5 Å². The summed E-state index contributed by atoms with van der Waals surface area (Å²) < 4.78 is 55.1. The van der Waals surface area contributed by atoms with Gasteiger partial charge < -0.3 is 21.1 Å². The molecule has 256 valence electrons. The fourth-order valence-corrected chi connectivity index (χ4v) is 7.70. The van der Waals surface area contributed by atoms with Gasteiger partial charge in [-0.25, -0.2) is 17.2 Å². The van der Waals surface area contributed by atoms with Crippen LogP contribution in [0.2, 0.25) is 0 Å². The van der Waals surface area contributed by atoms with Gasteiger partial charge in [-0.3, -0.25) is 14.6 Å². The highest BCUT2D eigenvalue weighted by Crippen LogP contribution is 2.19. The third-order valence-electron chi connectivity index (χ3n) is 8.04. The minimum Gasteiger partial charge on any atom is -0.390 e. The average molecular weight is 673 g/mol. The molecule has 0 radical (unpaired) electrons. The maximum atomic E-state index is 14.4. The van der Waals surface area contributed by atoms with Gasteiger partial charge in [0.05, 0.1) is 22.7 Å². The number of carbonyl (C=O) groups is 2. The average Bonchev–Trinajstić information content (AvgIpc) is 3.03. The van der Waals surface area contributed by atoms with Crippen LogP contribution in [0, 0.1) is 11.6 Å². The van der Waals surface area contributed by atoms with Gasteiger partial charge >= 0.3 is 0 Å². The van der Waals surface area contributed by atoms with Crippen molar-refractivity contribution in [3.63, 3.8) is 0 Å². The molecule has 12 heteroatoms. The van der Waals surface area contributed by atoms with Crippen LogP contribution in [0.3, 0.4) is 0 Å². The van der Waals surface area contributed by atoms with E-state index in [2.05, 4.69) is 10.3 Å². The lowest BCUT2D eigenvalue weighted by molar-refractivity contribution is -0.135. The molecule has 0 fully saturated rings. The van der Waals surface area contributed by atoms with Gasteiger partial charge in [-0.2, -0.15) is 0 Å². The van der Waals surface area contributed by atoms with Gasteiger partial charge in [0.25, 0.3) is 5.91 Å². The van der Waals surface area contributed by atoms with Gasteiger partial charge in [0.2, 0.25) is 5.91 Å². The molecule has 4 N–H and O–H groups in total. The van der Waals surface area contributed by atoms with E-state index in [1.54, 1.807) is 12.1 Å². The van der Waals surface area contributed by atoms with Crippen molar-refractivity contribution in [2.45, 2.75) is 89.3 Å². The third kappa shape index (κ3) is 11.5. The second-order valence-corrected chi connectivity index (χ2v) is 14.2. The van der Waals surface area contributed by atoms with Gasteiger partial charge in [-0.1, -0.05) is 57.9 Å². The predicted molar refractivity (Wildman–Crippen MR) is 178 cm³/mol. The number of nitrogens with two attached hydrogens (primary N) is 1. The van der Waals surface area contributed by atoms with Crippen molar-refractivity contribution in [3.8, 4) is 0 Å². The Balaban J connectivity index is 1.98. The first kappa shape index (κ1) is 37.7. The predicted octanol–water partition coefficient (Wildman–Crippen LogP) is 4.36. The van der Waals surface area contributed by atoms with Crippen molar-refractivity contribution in [1.29, 1.82) is 0 Å². The van der Waals surface area contributed by atoms with E-state index in [9.17, 15) is 31.9 Å². The fourth-order valence-electron chi connectivity index (χ4n) is 5.55. The highest BCUT2D eigenvalue weighted by atomic mass is 32.2. The first-order valence-electron chi connectivity index (χ1n) is 16.0. The van der Waals surface area contributed by atoms with Crippen LogP contribution in [0.1, 0.15) is 73.5 Å². The van der Waals surface area contributed by atoms with E-state index in [-0.39, 0.29) is 30.6 Å². The Labute approximate surface area is 276 Å². The van der Waals surface area contributed by atoms with Crippen LogP contribution in [0.4, 0.5) is 8.78 Å². The zero-order valence-electron chi connectivity index (χ0n) is 27.2. The molecule has 1 aromatic heterocycles. The number of amides is 2. The lowest BCUT2D eigenvalue weighted by Gasteiger charge is -2.32. The highest BCUT2D eigenvalue weighted by molar-refractivity contribution is 7.92. The summed E-state index contributed by atoms with van der Waals surface area (Å²) >= 11 is 0. The van der Waals surface area contributed by atoms with E-state index in [1.807, 2.05) is 39.0 Å². The zero-order chi connectivity index (χ0) is 34.6. The summed E-state index contributed by atoms with van der Waals surface area (Å²) in [6, 6.07) is 11.0. The van der Waals surface area contributed by atoms with E-state index in [1.165, 1.54) is 23.4 Å². The van der Waals surface area contributed by atoms with E-state index in [4.69, 9.17) is 5.73 Å². The summed E-state index contributed by atoms with van der Waals surface area (Å²) in [6.45, 7) is 5.41. The quantitative estimate of drug-likeness (QED) is 0.182. The Hall–Kier alpha value is -3.74. The molecule has 1 unspecified atom stereocenters. The van der Waals surface area contributed by atoms with Crippen LogP contribution in [0.25, 0.3) is 0 Å². The van der Waals surface area contributed by atoms with Crippen LogP contribution in [-0.2, 0) is 34.0 Å². The summed E-state index contributed by atoms with van der Waals surface area (Å²) in [6.07, 6.45) is 4.16. The summed E-state index contributed by atoms with van der Waals surface area (Å²) in [4.78, 5) is 32.9. The van der Waals surface area contributed by atoms with Gasteiger partial charge in [-0.05, 0) is 66.6 Å². The van der Waals surface area contributed by atoms with Crippen LogP contribution >= 0.6 is 0 Å². The standard InChI is InChI=1S/C35H46F2N4O5S/c1-4-9-30(10-5-2)47(45,46)23-32(40-34(43)27-13-8-14-39-20-27)35(44)41(21-25-12-7-11-24(6-3)15-25)22-33(42)31(38)18-26-16-28(36)19-29(37)17-26/h7-8,11-17,19-20,30-33,42H,4-6,9-10,18,21-23,38H2,1-3H3,(H,40,43)/t31-,32?,33+/m0/s1. The summed E-state index contributed by atoms with van der Waals surface area (Å²) in [5.41, 5.74) is 8.38. The minimum absolute atomic E-state index is 0.0162. The first-order chi connectivity index (χ1) is 22.4. The van der Waals surface area contributed by atoms with Crippen molar-refractivity contribution in [2.75, 3.05) is 12.3 Å². The Morgan fingerprint density at radius 3 is 2.21 bits per heavy atom. The van der Waals surface area contributed by atoms with Gasteiger partial charge in [0.1, 0.15) is 17.7 Å². The largest absolute Gasteiger partial charge is 0.390 e. The maximum absolute atomic E-state index is 14.4. The van der Waals surface area contributed by atoms with Crippen LogP contribution in [-0.4, -0.2) is 71.0 Å². The Morgan fingerprint density at radius 1 is 0.957 bits per heavy atom. The number of sulfone groups is 1. The Bertz CT molecular complexity index is 1550. The van der Waals surface area contributed by atoms with Gasteiger partial charge in [0.15, 0.2) is 9.84 Å². The fraction of sp³-hybridized carbons (Fsp3) is 0.457. The third-order valence-corrected chi connectivity index (χ3v) is 10.3.